The van der Waals surface area contributed by atoms with E-state index >= 15 is 0 Å². The highest BCUT2D eigenvalue weighted by Gasteiger charge is 2.19. The van der Waals surface area contributed by atoms with Crippen LogP contribution in [0.4, 0.5) is 0 Å². The first-order chi connectivity index (χ1) is 8.79. The standard InChI is InChI=1S/C15H18N2O2/c1-10(18)11-5-7-12(8-6-11)13-9-14(19)17(16-13)15(2,3)4/h5-9,19H,1-4H3. The molecule has 0 amide bonds. The number of aromatic hydroxyl groups is 1. The van der Waals surface area contributed by atoms with E-state index in [1.165, 1.54) is 6.92 Å². The molecule has 0 aliphatic heterocycles. The van der Waals surface area contributed by atoms with Gasteiger partial charge in [-0.25, -0.2) is 4.68 Å². The summed E-state index contributed by atoms with van der Waals surface area (Å²) in [5.41, 5.74) is 1.97. The Kier molecular flexibility index (Phi) is 3.18. The van der Waals surface area contributed by atoms with E-state index in [0.717, 1.165) is 5.56 Å². The first-order valence-corrected chi connectivity index (χ1v) is 6.20. The van der Waals surface area contributed by atoms with E-state index in [9.17, 15) is 9.90 Å². The predicted molar refractivity (Wildman–Crippen MR) is 74.3 cm³/mol. The number of rotatable bonds is 2. The van der Waals surface area contributed by atoms with Crippen molar-refractivity contribution < 1.29 is 9.90 Å². The summed E-state index contributed by atoms with van der Waals surface area (Å²) in [6.07, 6.45) is 0. The highest BCUT2D eigenvalue weighted by Crippen LogP contribution is 2.27. The third-order valence-corrected chi connectivity index (χ3v) is 2.91. The summed E-state index contributed by atoms with van der Waals surface area (Å²) < 4.78 is 1.58. The number of benzene rings is 1. The van der Waals surface area contributed by atoms with Gasteiger partial charge >= 0.3 is 0 Å². The minimum Gasteiger partial charge on any atom is -0.493 e. The zero-order valence-corrected chi connectivity index (χ0v) is 11.6. The second kappa shape index (κ2) is 4.53. The van der Waals surface area contributed by atoms with Crippen LogP contribution >= 0.6 is 0 Å². The summed E-state index contributed by atoms with van der Waals surface area (Å²) in [4.78, 5) is 11.2. The van der Waals surface area contributed by atoms with Gasteiger partial charge in [0, 0.05) is 17.2 Å². The third-order valence-electron chi connectivity index (χ3n) is 2.91. The predicted octanol–water partition coefficient (Wildman–Crippen LogP) is 3.21. The van der Waals surface area contributed by atoms with Gasteiger partial charge in [-0.1, -0.05) is 24.3 Å². The van der Waals surface area contributed by atoms with Crippen LogP contribution < -0.4 is 0 Å². The topological polar surface area (TPSA) is 55.1 Å². The molecule has 19 heavy (non-hydrogen) atoms. The maximum absolute atomic E-state index is 11.2. The van der Waals surface area contributed by atoms with Crippen LogP contribution in [0.5, 0.6) is 5.88 Å². The average molecular weight is 258 g/mol. The molecule has 0 aliphatic rings. The highest BCUT2D eigenvalue weighted by molar-refractivity contribution is 5.94. The van der Waals surface area contributed by atoms with E-state index < -0.39 is 0 Å². The molecule has 1 aromatic carbocycles. The van der Waals surface area contributed by atoms with Crippen molar-refractivity contribution in [1.29, 1.82) is 0 Å². The summed E-state index contributed by atoms with van der Waals surface area (Å²) in [6.45, 7) is 7.46. The maximum atomic E-state index is 11.2. The second-order valence-corrected chi connectivity index (χ2v) is 5.60. The molecule has 1 aromatic heterocycles. The molecule has 1 heterocycles. The van der Waals surface area contributed by atoms with Crippen LogP contribution in [0.3, 0.4) is 0 Å². The Hall–Kier alpha value is -2.10. The van der Waals surface area contributed by atoms with Gasteiger partial charge in [0.2, 0.25) is 5.88 Å². The van der Waals surface area contributed by atoms with E-state index in [2.05, 4.69) is 5.10 Å². The summed E-state index contributed by atoms with van der Waals surface area (Å²) in [6, 6.07) is 8.85. The molecule has 0 saturated carbocycles. The van der Waals surface area contributed by atoms with Gasteiger partial charge in [0.15, 0.2) is 5.78 Å². The lowest BCUT2D eigenvalue weighted by Gasteiger charge is -2.19. The van der Waals surface area contributed by atoms with Gasteiger partial charge < -0.3 is 5.11 Å². The first-order valence-electron chi connectivity index (χ1n) is 6.20. The Labute approximate surface area is 112 Å². The SMILES string of the molecule is CC(=O)c1ccc(-c2cc(O)n(C(C)(C)C)n2)cc1. The molecular weight excluding hydrogens is 240 g/mol. The molecule has 4 nitrogen and oxygen atoms in total. The van der Waals surface area contributed by atoms with Crippen LogP contribution in [0.1, 0.15) is 38.1 Å². The molecule has 0 atom stereocenters. The van der Waals surface area contributed by atoms with Crippen LogP contribution in [0, 0.1) is 0 Å². The molecule has 0 radical (unpaired) electrons. The van der Waals surface area contributed by atoms with Gasteiger partial charge in [-0.15, -0.1) is 0 Å². The number of carbonyl (C=O) groups is 1. The molecule has 0 aliphatic carbocycles. The minimum absolute atomic E-state index is 0.0367. The zero-order valence-electron chi connectivity index (χ0n) is 11.6. The molecule has 2 rings (SSSR count). The Morgan fingerprint density at radius 2 is 1.79 bits per heavy atom. The van der Waals surface area contributed by atoms with Gasteiger partial charge in [-0.05, 0) is 27.7 Å². The number of ketones is 1. The monoisotopic (exact) mass is 258 g/mol. The fourth-order valence-electron chi connectivity index (χ4n) is 1.88. The van der Waals surface area contributed by atoms with Gasteiger partial charge in [0.1, 0.15) is 0 Å². The van der Waals surface area contributed by atoms with Crippen molar-refractivity contribution in [1.82, 2.24) is 9.78 Å². The summed E-state index contributed by atoms with van der Waals surface area (Å²) in [5.74, 6) is 0.174. The molecule has 0 saturated heterocycles. The number of Topliss-reactive ketones (excluding diaryl/α,β-unsaturated/α-hetero) is 1. The normalized spacial score (nSPS) is 11.6. The first kappa shape index (κ1) is 13.3. The van der Waals surface area contributed by atoms with Crippen LogP contribution in [0.2, 0.25) is 0 Å². The molecular formula is C15H18N2O2. The molecule has 1 N–H and O–H groups in total. The highest BCUT2D eigenvalue weighted by atomic mass is 16.3. The van der Waals surface area contributed by atoms with E-state index in [1.807, 2.05) is 32.9 Å². The van der Waals surface area contributed by atoms with E-state index in [-0.39, 0.29) is 17.2 Å². The zero-order chi connectivity index (χ0) is 14.2. The van der Waals surface area contributed by atoms with Crippen molar-refractivity contribution in [2.75, 3.05) is 0 Å². The quantitative estimate of drug-likeness (QED) is 0.841. The molecule has 4 heteroatoms. The fourth-order valence-corrected chi connectivity index (χ4v) is 1.88. The molecule has 0 unspecified atom stereocenters. The van der Waals surface area contributed by atoms with Crippen molar-refractivity contribution in [2.45, 2.75) is 33.2 Å². The minimum atomic E-state index is -0.276. The number of nitrogens with zero attached hydrogens (tertiary/aromatic N) is 2. The molecule has 0 bridgehead atoms. The summed E-state index contributed by atoms with van der Waals surface area (Å²) in [7, 11) is 0. The lowest BCUT2D eigenvalue weighted by Crippen LogP contribution is -2.22. The van der Waals surface area contributed by atoms with Crippen LogP contribution in [-0.2, 0) is 5.54 Å². The Bertz CT molecular complexity index is 604. The largest absolute Gasteiger partial charge is 0.493 e. The second-order valence-electron chi connectivity index (χ2n) is 5.60. The van der Waals surface area contributed by atoms with Gasteiger partial charge in [0.05, 0.1) is 11.2 Å². The Morgan fingerprint density at radius 1 is 1.21 bits per heavy atom. The molecule has 0 spiro atoms. The van der Waals surface area contributed by atoms with Gasteiger partial charge in [-0.3, -0.25) is 4.79 Å². The lowest BCUT2D eigenvalue weighted by molar-refractivity contribution is 0.101. The fraction of sp³-hybridized carbons (Fsp3) is 0.333. The van der Waals surface area contributed by atoms with Crippen molar-refractivity contribution in [3.05, 3.63) is 35.9 Å². The number of hydrogen-bond acceptors (Lipinski definition) is 3. The van der Waals surface area contributed by atoms with E-state index in [4.69, 9.17) is 0 Å². The number of hydrogen-bond donors (Lipinski definition) is 1. The van der Waals surface area contributed by atoms with Crippen LogP contribution in [0.15, 0.2) is 30.3 Å². The van der Waals surface area contributed by atoms with Crippen molar-refractivity contribution in [3.63, 3.8) is 0 Å². The van der Waals surface area contributed by atoms with Crippen LogP contribution in [0.25, 0.3) is 11.3 Å². The third kappa shape index (κ3) is 2.67. The van der Waals surface area contributed by atoms with Crippen molar-refractivity contribution in [2.24, 2.45) is 0 Å². The molecule has 2 aromatic rings. The Morgan fingerprint density at radius 3 is 2.21 bits per heavy atom. The number of aromatic nitrogens is 2. The van der Waals surface area contributed by atoms with Crippen LogP contribution in [-0.4, -0.2) is 20.7 Å². The molecule has 100 valence electrons. The molecule has 0 fully saturated rings. The average Bonchev–Trinajstić information content (AvgIpc) is 2.71. The van der Waals surface area contributed by atoms with Crippen molar-refractivity contribution >= 4 is 5.78 Å². The van der Waals surface area contributed by atoms with E-state index in [0.29, 0.717) is 11.3 Å². The summed E-state index contributed by atoms with van der Waals surface area (Å²) >= 11 is 0. The lowest BCUT2D eigenvalue weighted by atomic mass is 10.1. The number of carbonyl (C=O) groups excluding carboxylic acids is 1. The maximum Gasteiger partial charge on any atom is 0.210 e. The summed E-state index contributed by atoms with van der Waals surface area (Å²) in [5, 5.41) is 14.3. The van der Waals surface area contributed by atoms with E-state index in [1.54, 1.807) is 22.9 Å². The van der Waals surface area contributed by atoms with Crippen molar-refractivity contribution in [3.8, 4) is 17.1 Å². The Balaban J connectivity index is 2.40. The van der Waals surface area contributed by atoms with Gasteiger partial charge in [-0.2, -0.15) is 5.10 Å². The smallest absolute Gasteiger partial charge is 0.210 e. The van der Waals surface area contributed by atoms with Gasteiger partial charge in [0.25, 0.3) is 0 Å².